The molecule has 0 radical (unpaired) electrons. The van der Waals surface area contributed by atoms with Crippen molar-refractivity contribution < 1.29 is 24.0 Å². The van der Waals surface area contributed by atoms with Crippen molar-refractivity contribution in [1.29, 1.82) is 0 Å². The van der Waals surface area contributed by atoms with Gasteiger partial charge >= 0.3 is 7.82 Å². The van der Waals surface area contributed by atoms with Gasteiger partial charge in [-0.05, 0) is 12.1 Å². The number of hydrogen-bond donors (Lipinski definition) is 4. The van der Waals surface area contributed by atoms with Crippen LogP contribution in [0.25, 0.3) is 10.9 Å². The number of rotatable bonds is 2. The second-order valence-corrected chi connectivity index (χ2v) is 4.13. The minimum Gasteiger partial charge on any atom is -0.504 e. The van der Waals surface area contributed by atoms with Crippen molar-refractivity contribution in [3.05, 3.63) is 24.4 Å². The molecule has 2 rings (SSSR count). The van der Waals surface area contributed by atoms with E-state index >= 15 is 0 Å². The van der Waals surface area contributed by atoms with E-state index in [4.69, 9.17) is 9.79 Å². The molecule has 0 aliphatic rings. The Hall–Kier alpha value is -1.49. The van der Waals surface area contributed by atoms with E-state index in [1.807, 2.05) is 0 Å². The Balaban J connectivity index is 2.51. The maximum absolute atomic E-state index is 10.6. The molecular weight excluding hydrogens is 221 g/mol. The number of aromatic amines is 1. The number of fused-ring (bicyclic) bond motifs is 1. The van der Waals surface area contributed by atoms with Crippen LogP contribution in [-0.4, -0.2) is 19.9 Å². The Morgan fingerprint density at radius 3 is 2.73 bits per heavy atom. The molecule has 1 aromatic carbocycles. The average molecular weight is 229 g/mol. The fraction of sp³-hybridized carbons (Fsp3) is 0. The van der Waals surface area contributed by atoms with Gasteiger partial charge in [-0.25, -0.2) is 4.57 Å². The Kier molecular flexibility index (Phi) is 2.19. The Morgan fingerprint density at radius 2 is 2.07 bits per heavy atom. The van der Waals surface area contributed by atoms with E-state index in [0.717, 1.165) is 5.39 Å². The molecule has 0 unspecified atom stereocenters. The summed E-state index contributed by atoms with van der Waals surface area (Å²) < 4.78 is 14.9. The van der Waals surface area contributed by atoms with Crippen LogP contribution in [0.4, 0.5) is 0 Å². The van der Waals surface area contributed by atoms with Gasteiger partial charge in [0.1, 0.15) is 0 Å². The highest BCUT2D eigenvalue weighted by Crippen LogP contribution is 2.42. The quantitative estimate of drug-likeness (QED) is 0.582. The minimum absolute atomic E-state index is 0.252. The van der Waals surface area contributed by atoms with E-state index in [1.165, 1.54) is 12.1 Å². The summed E-state index contributed by atoms with van der Waals surface area (Å²) in [5.41, 5.74) is 0.622. The van der Waals surface area contributed by atoms with Gasteiger partial charge in [-0.2, -0.15) is 0 Å². The first-order valence-corrected chi connectivity index (χ1v) is 5.54. The van der Waals surface area contributed by atoms with Gasteiger partial charge in [0.25, 0.3) is 0 Å². The lowest BCUT2D eigenvalue weighted by molar-refractivity contribution is 0.278. The van der Waals surface area contributed by atoms with Gasteiger partial charge < -0.3 is 14.6 Å². The molecule has 0 amide bonds. The van der Waals surface area contributed by atoms with Crippen molar-refractivity contribution in [3.63, 3.8) is 0 Å². The largest absolute Gasteiger partial charge is 0.524 e. The van der Waals surface area contributed by atoms with Crippen LogP contribution in [0.3, 0.4) is 0 Å². The lowest BCUT2D eigenvalue weighted by atomic mass is 10.2. The minimum atomic E-state index is -4.65. The fourth-order valence-electron chi connectivity index (χ4n) is 1.27. The SMILES string of the molecule is O=P(O)(O)Oc1cc2[nH]ccc2cc1O. The number of benzene rings is 1. The molecule has 6 nitrogen and oxygen atoms in total. The van der Waals surface area contributed by atoms with Gasteiger partial charge in [-0.3, -0.25) is 9.79 Å². The van der Waals surface area contributed by atoms with E-state index in [1.54, 1.807) is 12.3 Å². The number of aromatic hydroxyl groups is 1. The second kappa shape index (κ2) is 3.27. The van der Waals surface area contributed by atoms with Crippen LogP contribution in [0.1, 0.15) is 0 Å². The first-order chi connectivity index (χ1) is 6.96. The highest BCUT2D eigenvalue weighted by molar-refractivity contribution is 7.46. The summed E-state index contributed by atoms with van der Waals surface area (Å²) >= 11 is 0. The lowest BCUT2D eigenvalue weighted by Crippen LogP contribution is -1.90. The molecule has 0 spiro atoms. The number of H-pyrrole nitrogens is 1. The fourth-order valence-corrected chi connectivity index (χ4v) is 1.67. The predicted molar refractivity (Wildman–Crippen MR) is 52.6 cm³/mol. The topological polar surface area (TPSA) is 103 Å². The number of aromatic nitrogens is 1. The van der Waals surface area contributed by atoms with Crippen LogP contribution in [0.15, 0.2) is 24.4 Å². The van der Waals surface area contributed by atoms with Crippen molar-refractivity contribution in [1.82, 2.24) is 4.98 Å². The molecule has 1 heterocycles. The van der Waals surface area contributed by atoms with E-state index in [2.05, 4.69) is 9.51 Å². The molecule has 15 heavy (non-hydrogen) atoms. The molecule has 4 N–H and O–H groups in total. The maximum Gasteiger partial charge on any atom is 0.524 e. The molecule has 0 saturated heterocycles. The van der Waals surface area contributed by atoms with Crippen molar-refractivity contribution in [2.75, 3.05) is 0 Å². The van der Waals surface area contributed by atoms with Gasteiger partial charge in [-0.15, -0.1) is 0 Å². The summed E-state index contributed by atoms with van der Waals surface area (Å²) in [6.45, 7) is 0. The van der Waals surface area contributed by atoms with Crippen LogP contribution >= 0.6 is 7.82 Å². The number of nitrogens with one attached hydrogen (secondary N) is 1. The summed E-state index contributed by atoms with van der Waals surface area (Å²) in [4.78, 5) is 20.0. The van der Waals surface area contributed by atoms with Gasteiger partial charge in [0, 0.05) is 23.2 Å². The molecule has 80 valence electrons. The smallest absolute Gasteiger partial charge is 0.504 e. The zero-order chi connectivity index (χ0) is 11.1. The first kappa shape index (κ1) is 10.0. The van der Waals surface area contributed by atoms with Crippen LogP contribution < -0.4 is 4.52 Å². The third-order valence-electron chi connectivity index (χ3n) is 1.85. The normalized spacial score (nSPS) is 11.9. The predicted octanol–water partition coefficient (Wildman–Crippen LogP) is 1.34. The second-order valence-electron chi connectivity index (χ2n) is 2.97. The standard InChI is InChI=1S/C8H8NO5P/c10-7-3-5-1-2-9-6(5)4-8(7)14-15(11,12)13/h1-4,9-10H,(H2,11,12,13). The van der Waals surface area contributed by atoms with Crippen molar-refractivity contribution >= 4 is 18.7 Å². The summed E-state index contributed by atoms with van der Waals surface area (Å²) in [6, 6.07) is 4.40. The van der Waals surface area contributed by atoms with Gasteiger partial charge in [0.05, 0.1) is 0 Å². The van der Waals surface area contributed by atoms with Crippen LogP contribution in [0, 0.1) is 0 Å². The third-order valence-corrected chi connectivity index (χ3v) is 2.28. The molecular formula is C8H8NO5P. The number of hydrogen-bond acceptors (Lipinski definition) is 3. The highest BCUT2D eigenvalue weighted by atomic mass is 31.2. The first-order valence-electron chi connectivity index (χ1n) is 4.01. The number of phosphoric acid groups is 1. The molecule has 1 aromatic heterocycles. The Labute approximate surface area is 84.4 Å². The summed E-state index contributed by atoms with van der Waals surface area (Å²) in [5, 5.41) is 10.1. The molecule has 0 atom stereocenters. The van der Waals surface area contributed by atoms with Gasteiger partial charge in [-0.1, -0.05) is 0 Å². The molecule has 0 saturated carbocycles. The molecule has 0 bridgehead atoms. The molecule has 0 fully saturated rings. The van der Waals surface area contributed by atoms with Crippen molar-refractivity contribution in [2.24, 2.45) is 0 Å². The maximum atomic E-state index is 10.6. The molecule has 7 heteroatoms. The Morgan fingerprint density at radius 1 is 1.33 bits per heavy atom. The van der Waals surface area contributed by atoms with Crippen LogP contribution in [0.5, 0.6) is 11.5 Å². The van der Waals surface area contributed by atoms with Gasteiger partial charge in [0.15, 0.2) is 11.5 Å². The van der Waals surface area contributed by atoms with E-state index in [9.17, 15) is 9.67 Å². The van der Waals surface area contributed by atoms with E-state index in [-0.39, 0.29) is 11.5 Å². The number of phenols is 1. The monoisotopic (exact) mass is 229 g/mol. The number of phenolic OH excluding ortho intramolecular Hbond substituents is 1. The van der Waals surface area contributed by atoms with Gasteiger partial charge in [0.2, 0.25) is 0 Å². The summed E-state index contributed by atoms with van der Waals surface area (Å²) in [7, 11) is -4.65. The summed E-state index contributed by atoms with van der Waals surface area (Å²) in [6.07, 6.45) is 1.64. The average Bonchev–Trinajstić information content (AvgIpc) is 2.49. The van der Waals surface area contributed by atoms with E-state index < -0.39 is 7.82 Å². The summed E-state index contributed by atoms with van der Waals surface area (Å²) in [5.74, 6) is -0.566. The van der Waals surface area contributed by atoms with Crippen molar-refractivity contribution in [2.45, 2.75) is 0 Å². The third kappa shape index (κ3) is 2.12. The zero-order valence-electron chi connectivity index (χ0n) is 7.41. The zero-order valence-corrected chi connectivity index (χ0v) is 8.31. The van der Waals surface area contributed by atoms with E-state index in [0.29, 0.717) is 5.52 Å². The highest BCUT2D eigenvalue weighted by Gasteiger charge is 2.18. The molecule has 0 aliphatic carbocycles. The lowest BCUT2D eigenvalue weighted by Gasteiger charge is -2.08. The van der Waals surface area contributed by atoms with Crippen molar-refractivity contribution in [3.8, 4) is 11.5 Å². The molecule has 0 aliphatic heterocycles. The Bertz CT molecular complexity index is 543. The van der Waals surface area contributed by atoms with Crippen LogP contribution in [0.2, 0.25) is 0 Å². The molecule has 2 aromatic rings. The number of phosphoric ester groups is 1. The van der Waals surface area contributed by atoms with Crippen LogP contribution in [-0.2, 0) is 4.57 Å².